The summed E-state index contributed by atoms with van der Waals surface area (Å²) in [5.74, 6) is 2.27. The van der Waals surface area contributed by atoms with Gasteiger partial charge in [0.1, 0.15) is 22.8 Å². The van der Waals surface area contributed by atoms with Gasteiger partial charge in [-0.3, -0.25) is 0 Å². The van der Waals surface area contributed by atoms with Crippen molar-refractivity contribution in [3.05, 3.63) is 54.4 Å². The third-order valence-corrected chi connectivity index (χ3v) is 9.21. The molecule has 0 aliphatic carbocycles. The maximum Gasteiger partial charge on any atom is 0.433 e. The number of halogens is 3. The van der Waals surface area contributed by atoms with E-state index in [-0.39, 0.29) is 5.16 Å². The number of ether oxygens (including phenoxy) is 2. The molecule has 0 saturated carbocycles. The zero-order chi connectivity index (χ0) is 34.5. The van der Waals surface area contributed by atoms with Crippen molar-refractivity contribution in [1.82, 2.24) is 29.3 Å². The predicted octanol–water partition coefficient (Wildman–Crippen LogP) is 8.68. The Morgan fingerprint density at radius 3 is 2.04 bits per heavy atom. The molecule has 8 nitrogen and oxygen atoms in total. The van der Waals surface area contributed by atoms with Gasteiger partial charge in [-0.15, -0.1) is 0 Å². The van der Waals surface area contributed by atoms with E-state index in [0.717, 1.165) is 129 Å². The largest absolute Gasteiger partial charge is 0.493 e. The van der Waals surface area contributed by atoms with Crippen molar-refractivity contribution in [2.24, 2.45) is 0 Å². The van der Waals surface area contributed by atoms with Gasteiger partial charge >= 0.3 is 6.18 Å². The van der Waals surface area contributed by atoms with Crippen LogP contribution in [0.5, 0.6) is 11.5 Å². The summed E-state index contributed by atoms with van der Waals surface area (Å²) in [6, 6.07) is 12.5. The van der Waals surface area contributed by atoms with Crippen LogP contribution in [0.3, 0.4) is 0 Å². The monoisotopic (exact) mass is 686 g/mol. The van der Waals surface area contributed by atoms with Gasteiger partial charge in [0.25, 0.3) is 0 Å². The van der Waals surface area contributed by atoms with Gasteiger partial charge in [-0.25, -0.2) is 15.0 Å². The van der Waals surface area contributed by atoms with E-state index in [1.54, 1.807) is 0 Å². The molecule has 262 valence electrons. The number of aromatic nitrogens is 4. The molecule has 0 fully saturated rings. The molecule has 0 saturated heterocycles. The number of nitrogens with zero attached hydrogens (tertiary/aromatic N) is 6. The maximum atomic E-state index is 13.2. The molecular formula is C36H49F3N6O2S. The van der Waals surface area contributed by atoms with Crippen molar-refractivity contribution in [2.75, 3.05) is 52.5 Å². The molecule has 2 aromatic heterocycles. The van der Waals surface area contributed by atoms with Crippen LogP contribution in [0.25, 0.3) is 22.4 Å². The molecule has 0 bridgehead atoms. The molecule has 48 heavy (non-hydrogen) atoms. The van der Waals surface area contributed by atoms with Crippen molar-refractivity contribution in [3.63, 3.8) is 0 Å². The molecule has 2 heterocycles. The van der Waals surface area contributed by atoms with Crippen LogP contribution in [0.4, 0.5) is 13.2 Å². The molecule has 0 aliphatic rings. The van der Waals surface area contributed by atoms with Gasteiger partial charge in [0.05, 0.1) is 18.7 Å². The van der Waals surface area contributed by atoms with E-state index in [4.69, 9.17) is 14.5 Å². The first-order chi connectivity index (χ1) is 23.2. The van der Waals surface area contributed by atoms with Gasteiger partial charge < -0.3 is 23.8 Å². The minimum absolute atomic E-state index is 0.0418. The lowest BCUT2D eigenvalue weighted by molar-refractivity contribution is -0.141. The first-order valence-electron chi connectivity index (χ1n) is 17.1. The number of alkyl halides is 3. The van der Waals surface area contributed by atoms with Gasteiger partial charge in [-0.2, -0.15) is 13.2 Å². The van der Waals surface area contributed by atoms with E-state index in [2.05, 4.69) is 65.0 Å². The van der Waals surface area contributed by atoms with Crippen LogP contribution >= 0.6 is 11.8 Å². The van der Waals surface area contributed by atoms with Crippen LogP contribution in [-0.2, 0) is 12.7 Å². The minimum Gasteiger partial charge on any atom is -0.493 e. The van der Waals surface area contributed by atoms with Gasteiger partial charge in [-0.1, -0.05) is 53.2 Å². The van der Waals surface area contributed by atoms with Crippen molar-refractivity contribution < 1.29 is 22.6 Å². The zero-order valence-electron chi connectivity index (χ0n) is 28.9. The molecule has 0 amide bonds. The smallest absolute Gasteiger partial charge is 0.433 e. The van der Waals surface area contributed by atoms with E-state index in [1.807, 2.05) is 30.3 Å². The van der Waals surface area contributed by atoms with Crippen LogP contribution in [0.15, 0.2) is 58.7 Å². The van der Waals surface area contributed by atoms with Gasteiger partial charge in [0.15, 0.2) is 10.9 Å². The summed E-state index contributed by atoms with van der Waals surface area (Å²) >= 11 is 1.09. The second-order valence-corrected chi connectivity index (χ2v) is 12.6. The van der Waals surface area contributed by atoms with E-state index in [9.17, 15) is 13.2 Å². The summed E-state index contributed by atoms with van der Waals surface area (Å²) in [5.41, 5.74) is 1.68. The van der Waals surface area contributed by atoms with Crippen molar-refractivity contribution in [1.29, 1.82) is 0 Å². The highest BCUT2D eigenvalue weighted by Gasteiger charge is 2.32. The molecule has 0 spiro atoms. The van der Waals surface area contributed by atoms with Crippen molar-refractivity contribution >= 4 is 22.8 Å². The highest BCUT2D eigenvalue weighted by molar-refractivity contribution is 7.99. The number of fused-ring (bicyclic) bond motifs is 1. The Balaban J connectivity index is 1.64. The lowest BCUT2D eigenvalue weighted by Crippen LogP contribution is -2.25. The average molecular weight is 687 g/mol. The number of rotatable bonds is 20. The normalized spacial score (nSPS) is 12.0. The summed E-state index contributed by atoms with van der Waals surface area (Å²) in [7, 11) is 0. The Hall–Kier alpha value is -3.35. The summed E-state index contributed by atoms with van der Waals surface area (Å²) < 4.78 is 54.5. The van der Waals surface area contributed by atoms with Crippen molar-refractivity contribution in [2.45, 2.75) is 83.1 Å². The molecule has 0 aliphatic heterocycles. The fraction of sp³-hybridized carbons (Fsp3) is 0.528. The number of imidazole rings is 1. The first-order valence-corrected chi connectivity index (χ1v) is 17.9. The fourth-order valence-corrected chi connectivity index (χ4v) is 6.22. The molecule has 0 atom stereocenters. The lowest BCUT2D eigenvalue weighted by Gasteiger charge is -2.18. The van der Waals surface area contributed by atoms with Crippen LogP contribution in [0, 0.1) is 0 Å². The van der Waals surface area contributed by atoms with Gasteiger partial charge in [-0.05, 0) is 75.4 Å². The number of unbranched alkanes of at least 4 members (excludes halogenated alkanes) is 1. The molecular weight excluding hydrogens is 637 g/mol. The Morgan fingerprint density at radius 2 is 1.44 bits per heavy atom. The molecule has 0 radical (unpaired) electrons. The molecule has 4 rings (SSSR count). The Morgan fingerprint density at radius 1 is 0.792 bits per heavy atom. The van der Waals surface area contributed by atoms with Crippen LogP contribution in [-0.4, -0.2) is 81.8 Å². The Labute approximate surface area is 287 Å². The highest BCUT2D eigenvalue weighted by Crippen LogP contribution is 2.36. The molecule has 2 aromatic carbocycles. The number of benzene rings is 2. The second kappa shape index (κ2) is 18.4. The predicted molar refractivity (Wildman–Crippen MR) is 187 cm³/mol. The van der Waals surface area contributed by atoms with E-state index in [1.165, 1.54) is 0 Å². The number of hydrogen-bond donors (Lipinski definition) is 0. The summed E-state index contributed by atoms with van der Waals surface area (Å²) in [5, 5.41) is 0.0418. The Kier molecular flexibility index (Phi) is 14.4. The topological polar surface area (TPSA) is 68.5 Å². The van der Waals surface area contributed by atoms with E-state index >= 15 is 0 Å². The second-order valence-electron chi connectivity index (χ2n) is 11.5. The van der Waals surface area contributed by atoms with Gasteiger partial charge in [0.2, 0.25) is 0 Å². The summed E-state index contributed by atoms with van der Waals surface area (Å²) in [4.78, 5) is 18.3. The SMILES string of the molecule is CCCCn1c(-c2ccc(Sc3nccc(C(F)(F)F)n3)cc2)nc2c(OCCCN(CC)CC)cc(OCCCN(CC)CC)cc21. The molecule has 12 heteroatoms. The molecule has 0 unspecified atom stereocenters. The third kappa shape index (κ3) is 10.3. The quantitative estimate of drug-likeness (QED) is 0.0676. The minimum atomic E-state index is -4.52. The van der Waals surface area contributed by atoms with Crippen LogP contribution < -0.4 is 9.47 Å². The third-order valence-electron chi connectivity index (χ3n) is 8.33. The van der Waals surface area contributed by atoms with E-state index < -0.39 is 11.9 Å². The molecule has 0 N–H and O–H groups in total. The Bertz CT molecular complexity index is 1560. The van der Waals surface area contributed by atoms with Crippen LogP contribution in [0.1, 0.15) is 66.0 Å². The number of hydrogen-bond acceptors (Lipinski definition) is 8. The van der Waals surface area contributed by atoms with E-state index in [0.29, 0.717) is 19.0 Å². The maximum absolute atomic E-state index is 13.2. The summed E-state index contributed by atoms with van der Waals surface area (Å²) in [6.45, 7) is 18.8. The van der Waals surface area contributed by atoms with Crippen molar-refractivity contribution in [3.8, 4) is 22.9 Å². The number of aryl methyl sites for hydroxylation is 1. The zero-order valence-corrected chi connectivity index (χ0v) is 29.7. The average Bonchev–Trinajstić information content (AvgIpc) is 3.46. The van der Waals surface area contributed by atoms with Gasteiger partial charge in [0, 0.05) is 48.4 Å². The fourth-order valence-electron chi connectivity index (χ4n) is 5.48. The lowest BCUT2D eigenvalue weighted by atomic mass is 10.2. The summed E-state index contributed by atoms with van der Waals surface area (Å²) in [6.07, 6.45) is 0.418. The highest BCUT2D eigenvalue weighted by atomic mass is 32.2. The standard InChI is InChI=1S/C36H49F3N6O2S/c1-6-11-22-45-30-25-28(46-23-12-20-43(7-2)8-3)26-31(47-24-13-21-44(9-4)10-5)33(30)42-34(45)27-14-16-29(17-15-27)48-35-40-19-18-32(41-35)36(37,38)39/h14-19,25-26H,6-13,20-24H2,1-5H3. The first kappa shape index (κ1) is 37.5. The molecule has 4 aromatic rings. The van der Waals surface area contributed by atoms with Crippen LogP contribution in [0.2, 0.25) is 0 Å².